The Bertz CT molecular complexity index is 833. The van der Waals surface area contributed by atoms with Gasteiger partial charge in [-0.05, 0) is 75.4 Å². The molecule has 3 aliphatic rings. The van der Waals surface area contributed by atoms with Crippen molar-refractivity contribution in [1.29, 1.82) is 0 Å². The van der Waals surface area contributed by atoms with Gasteiger partial charge in [-0.1, -0.05) is 24.4 Å². The smallest absolute Gasteiger partial charge is 0.226 e. The van der Waals surface area contributed by atoms with E-state index in [1.807, 2.05) is 12.1 Å². The fraction of sp³-hybridized carbons (Fsp3) is 0.680. The Morgan fingerprint density at radius 3 is 2.66 bits per heavy atom. The molecule has 176 valence electrons. The highest BCUT2D eigenvalue weighted by Gasteiger charge is 2.33. The van der Waals surface area contributed by atoms with Gasteiger partial charge in [0.25, 0.3) is 0 Å². The van der Waals surface area contributed by atoms with Gasteiger partial charge in [-0.15, -0.1) is 0 Å². The monoisotopic (exact) mass is 460 g/mol. The minimum atomic E-state index is 0.0580. The van der Waals surface area contributed by atoms with Crippen LogP contribution in [0.1, 0.15) is 56.6 Å². The second-order valence-corrected chi connectivity index (χ2v) is 10.4. The molecule has 2 saturated heterocycles. The van der Waals surface area contributed by atoms with Crippen LogP contribution < -0.4 is 10.6 Å². The van der Waals surface area contributed by atoms with Crippen LogP contribution in [0, 0.1) is 18.8 Å². The predicted molar refractivity (Wildman–Crippen MR) is 129 cm³/mol. The Morgan fingerprint density at radius 2 is 1.97 bits per heavy atom. The van der Waals surface area contributed by atoms with Gasteiger partial charge in [0.05, 0.1) is 0 Å². The number of piperazine rings is 1. The fourth-order valence-electron chi connectivity index (χ4n) is 5.53. The van der Waals surface area contributed by atoms with Crippen molar-refractivity contribution >= 4 is 29.1 Å². The number of hydrogen-bond acceptors (Lipinski definition) is 4. The maximum Gasteiger partial charge on any atom is 0.226 e. The van der Waals surface area contributed by atoms with Crippen molar-refractivity contribution in [2.75, 3.05) is 38.0 Å². The SMILES string of the molecule is Cc1c(CN2CCN(C(=O)C3CCCC3)[C@@H](C)C2)cc(Cl)cc1NC(=O)CC1CCNC1. The molecule has 2 aliphatic heterocycles. The standard InChI is InChI=1S/C25H37ClN4O2/c1-17-15-29(9-10-30(17)25(32)20-5-3-4-6-20)16-21-12-22(26)13-23(18(21)2)28-24(31)11-19-7-8-27-14-19/h12-13,17,19-20,27H,3-11,14-16H2,1-2H3,(H,28,31)/t17-,19?/m0/s1. The molecule has 0 bridgehead atoms. The number of nitrogens with one attached hydrogen (secondary N) is 2. The lowest BCUT2D eigenvalue weighted by atomic mass is 10.0. The van der Waals surface area contributed by atoms with Crippen LogP contribution in [0.3, 0.4) is 0 Å². The summed E-state index contributed by atoms with van der Waals surface area (Å²) in [6.07, 6.45) is 6.09. The Kier molecular flexibility index (Phi) is 7.74. The van der Waals surface area contributed by atoms with E-state index in [1.54, 1.807) is 0 Å². The molecule has 1 saturated carbocycles. The number of anilines is 1. The van der Waals surface area contributed by atoms with Gasteiger partial charge in [-0.25, -0.2) is 0 Å². The number of halogens is 1. The topological polar surface area (TPSA) is 64.7 Å². The summed E-state index contributed by atoms with van der Waals surface area (Å²) in [5.41, 5.74) is 3.02. The Labute approximate surface area is 197 Å². The minimum Gasteiger partial charge on any atom is -0.337 e. The van der Waals surface area contributed by atoms with E-state index >= 15 is 0 Å². The van der Waals surface area contributed by atoms with Crippen LogP contribution in [0.2, 0.25) is 5.02 Å². The van der Waals surface area contributed by atoms with E-state index in [0.29, 0.717) is 23.3 Å². The quantitative estimate of drug-likeness (QED) is 0.677. The fourth-order valence-corrected chi connectivity index (χ4v) is 5.77. The number of rotatable bonds is 6. The van der Waals surface area contributed by atoms with E-state index in [2.05, 4.69) is 34.3 Å². The van der Waals surface area contributed by atoms with E-state index < -0.39 is 0 Å². The van der Waals surface area contributed by atoms with Crippen LogP contribution in [0.25, 0.3) is 0 Å². The van der Waals surface area contributed by atoms with Gasteiger partial charge >= 0.3 is 0 Å². The zero-order valence-corrected chi connectivity index (χ0v) is 20.2. The van der Waals surface area contributed by atoms with Gasteiger partial charge in [-0.3, -0.25) is 14.5 Å². The molecule has 4 rings (SSSR count). The molecule has 0 radical (unpaired) electrons. The molecule has 2 amide bonds. The lowest BCUT2D eigenvalue weighted by Crippen LogP contribution is -2.54. The molecule has 7 heteroatoms. The van der Waals surface area contributed by atoms with Crippen LogP contribution in [-0.4, -0.2) is 60.4 Å². The van der Waals surface area contributed by atoms with Crippen LogP contribution in [0.5, 0.6) is 0 Å². The zero-order valence-electron chi connectivity index (χ0n) is 19.5. The summed E-state index contributed by atoms with van der Waals surface area (Å²) in [6, 6.07) is 4.08. The van der Waals surface area contributed by atoms with Crippen molar-refractivity contribution in [3.05, 3.63) is 28.3 Å². The molecule has 1 unspecified atom stereocenters. The molecule has 1 aromatic rings. The van der Waals surface area contributed by atoms with Gasteiger partial charge in [0, 0.05) is 55.3 Å². The third kappa shape index (κ3) is 5.64. The largest absolute Gasteiger partial charge is 0.337 e. The van der Waals surface area contributed by atoms with Gasteiger partial charge in [0.15, 0.2) is 0 Å². The summed E-state index contributed by atoms with van der Waals surface area (Å²) < 4.78 is 0. The highest BCUT2D eigenvalue weighted by Crippen LogP contribution is 2.30. The van der Waals surface area contributed by atoms with Crippen molar-refractivity contribution < 1.29 is 9.59 Å². The zero-order chi connectivity index (χ0) is 22.7. The van der Waals surface area contributed by atoms with Crippen LogP contribution in [0.15, 0.2) is 12.1 Å². The number of hydrogen-bond donors (Lipinski definition) is 2. The Balaban J connectivity index is 1.36. The average Bonchev–Trinajstić information content (AvgIpc) is 3.45. The van der Waals surface area contributed by atoms with Gasteiger partial charge in [0.2, 0.25) is 11.8 Å². The van der Waals surface area contributed by atoms with Crippen LogP contribution >= 0.6 is 11.6 Å². The molecular formula is C25H37ClN4O2. The average molecular weight is 461 g/mol. The Morgan fingerprint density at radius 1 is 1.19 bits per heavy atom. The van der Waals surface area contributed by atoms with Crippen molar-refractivity contribution in [3.8, 4) is 0 Å². The first-order valence-electron chi connectivity index (χ1n) is 12.2. The number of nitrogens with zero attached hydrogens (tertiary/aromatic N) is 2. The molecule has 3 fully saturated rings. The third-order valence-electron chi connectivity index (χ3n) is 7.48. The first kappa shape index (κ1) is 23.5. The molecular weight excluding hydrogens is 424 g/mol. The summed E-state index contributed by atoms with van der Waals surface area (Å²) >= 11 is 6.43. The summed E-state index contributed by atoms with van der Waals surface area (Å²) in [6.45, 7) is 9.42. The molecule has 1 aromatic carbocycles. The maximum absolute atomic E-state index is 12.9. The molecule has 32 heavy (non-hydrogen) atoms. The second-order valence-electron chi connectivity index (χ2n) is 9.95. The molecule has 0 aromatic heterocycles. The first-order valence-corrected chi connectivity index (χ1v) is 12.6. The van der Waals surface area contributed by atoms with Crippen molar-refractivity contribution in [2.24, 2.45) is 11.8 Å². The van der Waals surface area contributed by atoms with Crippen molar-refractivity contribution in [3.63, 3.8) is 0 Å². The van der Waals surface area contributed by atoms with Gasteiger partial charge in [-0.2, -0.15) is 0 Å². The van der Waals surface area contributed by atoms with E-state index in [9.17, 15) is 9.59 Å². The number of benzene rings is 1. The Hall–Kier alpha value is -1.63. The molecule has 2 heterocycles. The lowest BCUT2D eigenvalue weighted by Gasteiger charge is -2.41. The van der Waals surface area contributed by atoms with E-state index in [4.69, 9.17) is 11.6 Å². The molecule has 0 spiro atoms. The third-order valence-corrected chi connectivity index (χ3v) is 7.70. The number of carbonyl (C=O) groups is 2. The summed E-state index contributed by atoms with van der Waals surface area (Å²) in [5.74, 6) is 1.07. The predicted octanol–water partition coefficient (Wildman–Crippen LogP) is 3.81. The summed E-state index contributed by atoms with van der Waals surface area (Å²) in [7, 11) is 0. The van der Waals surface area contributed by atoms with E-state index in [1.165, 1.54) is 12.8 Å². The van der Waals surface area contributed by atoms with Crippen LogP contribution in [-0.2, 0) is 16.1 Å². The second kappa shape index (κ2) is 10.5. The summed E-state index contributed by atoms with van der Waals surface area (Å²) in [4.78, 5) is 29.9. The summed E-state index contributed by atoms with van der Waals surface area (Å²) in [5, 5.41) is 7.05. The van der Waals surface area contributed by atoms with E-state index in [0.717, 1.165) is 75.3 Å². The van der Waals surface area contributed by atoms with Gasteiger partial charge in [0.1, 0.15) is 0 Å². The minimum absolute atomic E-state index is 0.0580. The van der Waals surface area contributed by atoms with E-state index in [-0.39, 0.29) is 17.9 Å². The molecule has 1 aliphatic carbocycles. The molecule has 2 N–H and O–H groups in total. The highest BCUT2D eigenvalue weighted by atomic mass is 35.5. The number of carbonyl (C=O) groups excluding carboxylic acids is 2. The molecule has 6 nitrogen and oxygen atoms in total. The number of amides is 2. The van der Waals surface area contributed by atoms with Crippen molar-refractivity contribution in [2.45, 2.75) is 65.0 Å². The van der Waals surface area contributed by atoms with Crippen molar-refractivity contribution in [1.82, 2.24) is 15.1 Å². The first-order chi connectivity index (χ1) is 15.4. The van der Waals surface area contributed by atoms with Gasteiger partial charge < -0.3 is 15.5 Å². The van der Waals surface area contributed by atoms with Crippen LogP contribution in [0.4, 0.5) is 5.69 Å². The molecule has 2 atom stereocenters. The normalized spacial score (nSPS) is 24.8. The highest BCUT2D eigenvalue weighted by molar-refractivity contribution is 6.31. The maximum atomic E-state index is 12.9. The lowest BCUT2D eigenvalue weighted by molar-refractivity contribution is -0.140.